The molecule has 0 aromatic heterocycles. The summed E-state index contributed by atoms with van der Waals surface area (Å²) >= 11 is 0. The first kappa shape index (κ1) is 18.0. The minimum absolute atomic E-state index is 0. The first-order valence-electron chi connectivity index (χ1n) is 5.64. The predicted octanol–water partition coefficient (Wildman–Crippen LogP) is 1.00. The van der Waals surface area contributed by atoms with Crippen LogP contribution in [0, 0.1) is 0 Å². The van der Waals surface area contributed by atoms with Crippen LogP contribution in [-0.2, 0) is 14.3 Å². The van der Waals surface area contributed by atoms with E-state index in [9.17, 15) is 14.7 Å². The zero-order valence-corrected chi connectivity index (χ0v) is 13.5. The number of esters is 1. The molecule has 0 heterocycles. The number of carboxylic acid groups (broad SMARTS) is 1. The number of rotatable bonds is 5. The average molecular weight is 274 g/mol. The SMILES string of the molecule is COC(=O)/C=C(\C)N[C@@H](C(=O)O)C1=CCC=CC1.[Na]. The van der Waals surface area contributed by atoms with Crippen LogP contribution in [0.25, 0.3) is 0 Å². The van der Waals surface area contributed by atoms with Gasteiger partial charge in [-0.05, 0) is 25.3 Å². The number of ether oxygens (including phenoxy) is 1. The van der Waals surface area contributed by atoms with Crippen LogP contribution in [0.4, 0.5) is 0 Å². The maximum absolute atomic E-state index is 11.2. The van der Waals surface area contributed by atoms with Crippen LogP contribution in [0.1, 0.15) is 19.8 Å². The van der Waals surface area contributed by atoms with Crippen molar-refractivity contribution in [2.45, 2.75) is 25.8 Å². The molecule has 99 valence electrons. The quantitative estimate of drug-likeness (QED) is 0.338. The molecule has 0 unspecified atom stereocenters. The number of carbonyl (C=O) groups excluding carboxylic acids is 1. The van der Waals surface area contributed by atoms with Gasteiger partial charge in [0.2, 0.25) is 0 Å². The molecule has 1 atom stereocenters. The molecule has 0 fully saturated rings. The van der Waals surface area contributed by atoms with Crippen molar-refractivity contribution in [3.8, 4) is 0 Å². The Bertz CT molecular complexity index is 426. The Morgan fingerprint density at radius 2 is 2.16 bits per heavy atom. The van der Waals surface area contributed by atoms with Gasteiger partial charge in [0, 0.05) is 41.3 Å². The monoisotopic (exact) mass is 274 g/mol. The van der Waals surface area contributed by atoms with Crippen molar-refractivity contribution in [3.63, 3.8) is 0 Å². The fraction of sp³-hybridized carbons (Fsp3) is 0.385. The fourth-order valence-electron chi connectivity index (χ4n) is 1.67. The first-order chi connectivity index (χ1) is 8.54. The summed E-state index contributed by atoms with van der Waals surface area (Å²) in [6.07, 6.45) is 8.38. The number of methoxy groups -OCH3 is 1. The molecule has 19 heavy (non-hydrogen) atoms. The maximum Gasteiger partial charge on any atom is 0.332 e. The van der Waals surface area contributed by atoms with Crippen LogP contribution in [0.15, 0.2) is 35.6 Å². The number of aliphatic carboxylic acids is 1. The van der Waals surface area contributed by atoms with Gasteiger partial charge >= 0.3 is 11.9 Å². The Morgan fingerprint density at radius 1 is 1.47 bits per heavy atom. The van der Waals surface area contributed by atoms with Crippen molar-refractivity contribution in [1.82, 2.24) is 5.32 Å². The van der Waals surface area contributed by atoms with E-state index in [0.717, 1.165) is 12.0 Å². The van der Waals surface area contributed by atoms with Gasteiger partial charge in [-0.25, -0.2) is 9.59 Å². The van der Waals surface area contributed by atoms with Gasteiger partial charge in [-0.15, -0.1) is 0 Å². The fourth-order valence-corrected chi connectivity index (χ4v) is 1.67. The summed E-state index contributed by atoms with van der Waals surface area (Å²) in [5.41, 5.74) is 1.26. The summed E-state index contributed by atoms with van der Waals surface area (Å²) in [4.78, 5) is 22.3. The molecular formula is C13H17NNaO4. The number of hydrogen-bond acceptors (Lipinski definition) is 4. The van der Waals surface area contributed by atoms with E-state index in [1.165, 1.54) is 13.2 Å². The van der Waals surface area contributed by atoms with Gasteiger partial charge in [0.15, 0.2) is 0 Å². The maximum atomic E-state index is 11.2. The van der Waals surface area contributed by atoms with Gasteiger partial charge in [0.05, 0.1) is 7.11 Å². The number of carboxylic acids is 1. The molecular weight excluding hydrogens is 257 g/mol. The molecule has 0 aliphatic heterocycles. The average Bonchev–Trinajstić information content (AvgIpc) is 2.36. The van der Waals surface area contributed by atoms with Crippen LogP contribution >= 0.6 is 0 Å². The van der Waals surface area contributed by atoms with Crippen molar-refractivity contribution >= 4 is 41.5 Å². The smallest absolute Gasteiger partial charge is 0.332 e. The molecule has 0 aromatic carbocycles. The Balaban J connectivity index is 0.00000324. The van der Waals surface area contributed by atoms with Crippen molar-refractivity contribution < 1.29 is 19.4 Å². The van der Waals surface area contributed by atoms with Crippen LogP contribution < -0.4 is 5.32 Å². The summed E-state index contributed by atoms with van der Waals surface area (Å²) in [5.74, 6) is -1.48. The molecule has 2 N–H and O–H groups in total. The summed E-state index contributed by atoms with van der Waals surface area (Å²) in [5, 5.41) is 12.0. The third-order valence-electron chi connectivity index (χ3n) is 2.56. The normalized spacial score (nSPS) is 15.9. The third kappa shape index (κ3) is 6.09. The second-order valence-corrected chi connectivity index (χ2v) is 3.96. The van der Waals surface area contributed by atoms with Gasteiger partial charge in [0.25, 0.3) is 0 Å². The molecule has 0 bridgehead atoms. The zero-order valence-electron chi connectivity index (χ0n) is 11.5. The van der Waals surface area contributed by atoms with Crippen molar-refractivity contribution in [3.05, 3.63) is 35.6 Å². The number of allylic oxidation sites excluding steroid dienone is 4. The van der Waals surface area contributed by atoms with E-state index in [1.807, 2.05) is 18.2 Å². The molecule has 0 saturated carbocycles. The zero-order chi connectivity index (χ0) is 13.5. The van der Waals surface area contributed by atoms with Gasteiger partial charge in [-0.2, -0.15) is 0 Å². The predicted molar refractivity (Wildman–Crippen MR) is 72.5 cm³/mol. The molecule has 6 heteroatoms. The molecule has 0 spiro atoms. The molecule has 1 aliphatic carbocycles. The Labute approximate surface area is 134 Å². The standard InChI is InChI=1S/C13H17NO4.Na/c1-9(8-11(15)18-2)14-12(13(16)17)10-6-4-3-5-7-10;/h3-4,7-8,12,14H,5-6H2,1-2H3,(H,16,17);/b9-8+;/t12-;/m1./s1. The Hall–Kier alpha value is -1.04. The molecule has 0 amide bonds. The topological polar surface area (TPSA) is 75.6 Å². The van der Waals surface area contributed by atoms with E-state index < -0.39 is 18.0 Å². The number of nitrogens with one attached hydrogen (secondary N) is 1. The largest absolute Gasteiger partial charge is 0.479 e. The van der Waals surface area contributed by atoms with Crippen LogP contribution in [-0.4, -0.2) is 59.8 Å². The van der Waals surface area contributed by atoms with Gasteiger partial charge < -0.3 is 15.2 Å². The van der Waals surface area contributed by atoms with Gasteiger partial charge in [0.1, 0.15) is 6.04 Å². The van der Waals surface area contributed by atoms with E-state index in [0.29, 0.717) is 12.1 Å². The van der Waals surface area contributed by atoms with E-state index >= 15 is 0 Å². The minimum Gasteiger partial charge on any atom is -0.479 e. The summed E-state index contributed by atoms with van der Waals surface area (Å²) in [6, 6.07) is -0.809. The van der Waals surface area contributed by atoms with E-state index in [4.69, 9.17) is 0 Å². The summed E-state index contributed by atoms with van der Waals surface area (Å²) < 4.78 is 4.48. The van der Waals surface area contributed by atoms with Crippen LogP contribution in [0.5, 0.6) is 0 Å². The van der Waals surface area contributed by atoms with Crippen LogP contribution in [0.2, 0.25) is 0 Å². The third-order valence-corrected chi connectivity index (χ3v) is 2.56. The summed E-state index contributed by atoms with van der Waals surface area (Å²) in [7, 11) is 1.27. The van der Waals surface area contributed by atoms with Crippen molar-refractivity contribution in [2.24, 2.45) is 0 Å². The molecule has 0 aromatic rings. The van der Waals surface area contributed by atoms with E-state index in [2.05, 4.69) is 10.1 Å². The van der Waals surface area contributed by atoms with Gasteiger partial charge in [-0.3, -0.25) is 0 Å². The van der Waals surface area contributed by atoms with Crippen molar-refractivity contribution in [1.29, 1.82) is 0 Å². The van der Waals surface area contributed by atoms with Crippen LogP contribution in [0.3, 0.4) is 0 Å². The van der Waals surface area contributed by atoms with E-state index in [-0.39, 0.29) is 29.6 Å². The summed E-state index contributed by atoms with van der Waals surface area (Å²) in [6.45, 7) is 1.63. The number of carbonyl (C=O) groups is 2. The Morgan fingerprint density at radius 3 is 2.63 bits per heavy atom. The minimum atomic E-state index is -0.964. The van der Waals surface area contributed by atoms with Gasteiger partial charge in [-0.1, -0.05) is 18.2 Å². The molecule has 0 saturated heterocycles. The molecule has 1 radical (unpaired) electrons. The first-order valence-corrected chi connectivity index (χ1v) is 5.64. The second-order valence-electron chi connectivity index (χ2n) is 3.96. The molecule has 1 aliphatic rings. The Kier molecular flexibility index (Phi) is 8.47. The van der Waals surface area contributed by atoms with E-state index in [1.54, 1.807) is 6.92 Å². The van der Waals surface area contributed by atoms with Crippen molar-refractivity contribution in [2.75, 3.05) is 7.11 Å². The molecule has 5 nitrogen and oxygen atoms in total. The second kappa shape index (κ2) is 8.96. The number of hydrogen-bond donors (Lipinski definition) is 2. The molecule has 1 rings (SSSR count).